The third-order valence-electron chi connectivity index (χ3n) is 2.43. The summed E-state index contributed by atoms with van der Waals surface area (Å²) in [5.74, 6) is -0.882. The minimum atomic E-state index is -0.882. The summed E-state index contributed by atoms with van der Waals surface area (Å²) in [5.41, 5.74) is 2.33. The molecule has 0 fully saturated rings. The summed E-state index contributed by atoms with van der Waals surface area (Å²) in [6.07, 6.45) is 2.06. The maximum Gasteiger partial charge on any atom is 0.333 e. The van der Waals surface area contributed by atoms with E-state index in [-0.39, 0.29) is 0 Å². The maximum absolute atomic E-state index is 10.9. The number of rotatable bonds is 1. The summed E-state index contributed by atoms with van der Waals surface area (Å²) in [5, 5.41) is 9.56. The molecule has 1 aromatic carbocycles. The smallest absolute Gasteiger partial charge is 0.333 e. The van der Waals surface area contributed by atoms with Gasteiger partial charge in [-0.15, -0.1) is 0 Å². The Hall–Kier alpha value is -1.48. The molecule has 0 unspecified atom stereocenters. The summed E-state index contributed by atoms with van der Waals surface area (Å²) >= 11 is 5.87. The molecule has 1 aliphatic heterocycles. The minimum Gasteiger partial charge on any atom is -0.478 e. The Morgan fingerprint density at radius 1 is 1.53 bits per heavy atom. The van der Waals surface area contributed by atoms with Crippen molar-refractivity contribution < 1.29 is 9.90 Å². The molecule has 0 amide bonds. The molecule has 1 N–H and O–H groups in total. The van der Waals surface area contributed by atoms with Crippen LogP contribution in [0.2, 0.25) is 5.02 Å². The number of carboxylic acids is 1. The van der Waals surface area contributed by atoms with Gasteiger partial charge in [0.15, 0.2) is 0 Å². The standard InChI is InChI=1S/C11H10ClNO2/c1-13-6-8(11(14)15)4-7-5-9(12)2-3-10(7)13/h2-3,5-6H,4H2,1H3,(H,14,15). The first kappa shape index (κ1) is 10.1. The van der Waals surface area contributed by atoms with Crippen LogP contribution in [-0.2, 0) is 11.2 Å². The second-order valence-electron chi connectivity index (χ2n) is 3.52. The molecule has 0 aromatic heterocycles. The fraction of sp³-hybridized carbons (Fsp3) is 0.182. The number of carboxylic acid groups (broad SMARTS) is 1. The van der Waals surface area contributed by atoms with Crippen molar-refractivity contribution in [3.05, 3.63) is 40.6 Å². The van der Waals surface area contributed by atoms with Crippen LogP contribution in [0.25, 0.3) is 0 Å². The molecular formula is C11H10ClNO2. The van der Waals surface area contributed by atoms with Crippen molar-refractivity contribution >= 4 is 23.3 Å². The summed E-state index contributed by atoms with van der Waals surface area (Å²) in [7, 11) is 1.83. The summed E-state index contributed by atoms with van der Waals surface area (Å²) < 4.78 is 0. The zero-order valence-electron chi connectivity index (χ0n) is 8.20. The molecule has 1 heterocycles. The molecule has 1 aliphatic rings. The molecule has 3 nitrogen and oxygen atoms in total. The molecule has 0 saturated carbocycles. The molecule has 15 heavy (non-hydrogen) atoms. The van der Waals surface area contributed by atoms with Crippen molar-refractivity contribution in [2.75, 3.05) is 11.9 Å². The lowest BCUT2D eigenvalue weighted by Crippen LogP contribution is -2.20. The highest BCUT2D eigenvalue weighted by molar-refractivity contribution is 6.30. The van der Waals surface area contributed by atoms with Crippen molar-refractivity contribution in [2.24, 2.45) is 0 Å². The Kier molecular flexibility index (Phi) is 2.40. The van der Waals surface area contributed by atoms with E-state index in [1.165, 1.54) is 0 Å². The lowest BCUT2D eigenvalue weighted by molar-refractivity contribution is -0.132. The van der Waals surface area contributed by atoms with Crippen molar-refractivity contribution in [3.8, 4) is 0 Å². The number of benzene rings is 1. The van der Waals surface area contributed by atoms with Crippen molar-refractivity contribution in [3.63, 3.8) is 0 Å². The highest BCUT2D eigenvalue weighted by Crippen LogP contribution is 2.30. The predicted octanol–water partition coefficient (Wildman–Crippen LogP) is 2.30. The highest BCUT2D eigenvalue weighted by Gasteiger charge is 2.19. The fourth-order valence-electron chi connectivity index (χ4n) is 1.72. The highest BCUT2D eigenvalue weighted by atomic mass is 35.5. The van der Waals surface area contributed by atoms with Gasteiger partial charge in [-0.1, -0.05) is 11.6 Å². The summed E-state index contributed by atoms with van der Waals surface area (Å²) in [4.78, 5) is 12.7. The van der Waals surface area contributed by atoms with E-state index in [2.05, 4.69) is 0 Å². The SMILES string of the molecule is CN1C=C(C(=O)O)Cc2cc(Cl)ccc21. The lowest BCUT2D eigenvalue weighted by Gasteiger charge is -2.24. The first-order valence-corrected chi connectivity index (χ1v) is 4.91. The predicted molar refractivity (Wildman–Crippen MR) is 59.3 cm³/mol. The van der Waals surface area contributed by atoms with Crippen LogP contribution in [0.15, 0.2) is 30.0 Å². The molecule has 0 spiro atoms. The number of hydrogen-bond acceptors (Lipinski definition) is 2. The second kappa shape index (κ2) is 3.59. The molecule has 0 bridgehead atoms. The van der Waals surface area contributed by atoms with Crippen LogP contribution >= 0.6 is 11.6 Å². The lowest BCUT2D eigenvalue weighted by atomic mass is 10.00. The number of halogens is 1. The van der Waals surface area contributed by atoms with Crippen molar-refractivity contribution in [1.82, 2.24) is 0 Å². The van der Waals surface area contributed by atoms with Gasteiger partial charge in [-0.2, -0.15) is 0 Å². The minimum absolute atomic E-state index is 0.382. The van der Waals surface area contributed by atoms with E-state index in [0.29, 0.717) is 17.0 Å². The van der Waals surface area contributed by atoms with Gasteiger partial charge in [0.1, 0.15) is 0 Å². The quantitative estimate of drug-likeness (QED) is 0.794. The molecule has 0 saturated heterocycles. The fourth-order valence-corrected chi connectivity index (χ4v) is 1.92. The number of fused-ring (bicyclic) bond motifs is 1. The van der Waals surface area contributed by atoms with Gasteiger partial charge in [-0.25, -0.2) is 4.79 Å². The summed E-state index contributed by atoms with van der Waals surface area (Å²) in [6, 6.07) is 5.51. The molecule has 2 rings (SSSR count). The topological polar surface area (TPSA) is 40.5 Å². The molecule has 0 radical (unpaired) electrons. The number of aliphatic carboxylic acids is 1. The summed E-state index contributed by atoms with van der Waals surface area (Å²) in [6.45, 7) is 0. The molecule has 4 heteroatoms. The van der Waals surface area contributed by atoms with Gasteiger partial charge in [0.2, 0.25) is 0 Å². The van der Waals surface area contributed by atoms with Crippen LogP contribution in [0.4, 0.5) is 5.69 Å². The van der Waals surface area contributed by atoms with Crippen molar-refractivity contribution in [2.45, 2.75) is 6.42 Å². The normalized spacial score (nSPS) is 14.5. The Bertz CT molecular complexity index is 454. The van der Waals surface area contributed by atoms with E-state index in [4.69, 9.17) is 16.7 Å². The van der Waals surface area contributed by atoms with Crippen LogP contribution in [0.1, 0.15) is 5.56 Å². The third-order valence-corrected chi connectivity index (χ3v) is 2.66. The van der Waals surface area contributed by atoms with Gasteiger partial charge in [0.05, 0.1) is 5.57 Å². The zero-order chi connectivity index (χ0) is 11.0. The molecule has 0 atom stereocenters. The first-order chi connectivity index (χ1) is 7.08. The van der Waals surface area contributed by atoms with Gasteiger partial charge in [0, 0.05) is 30.4 Å². The van der Waals surface area contributed by atoms with E-state index in [9.17, 15) is 4.79 Å². The molecule has 0 aliphatic carbocycles. The van der Waals surface area contributed by atoms with Crippen LogP contribution in [0.3, 0.4) is 0 Å². The van der Waals surface area contributed by atoms with E-state index in [1.54, 1.807) is 17.2 Å². The van der Waals surface area contributed by atoms with Crippen LogP contribution < -0.4 is 4.90 Å². The number of carbonyl (C=O) groups is 1. The van der Waals surface area contributed by atoms with E-state index >= 15 is 0 Å². The van der Waals surface area contributed by atoms with E-state index in [1.807, 2.05) is 19.2 Å². The van der Waals surface area contributed by atoms with Gasteiger partial charge in [0.25, 0.3) is 0 Å². The Morgan fingerprint density at radius 2 is 2.27 bits per heavy atom. The Labute approximate surface area is 92.6 Å². The molecular weight excluding hydrogens is 214 g/mol. The monoisotopic (exact) mass is 223 g/mol. The largest absolute Gasteiger partial charge is 0.478 e. The van der Waals surface area contributed by atoms with Crippen molar-refractivity contribution in [1.29, 1.82) is 0 Å². The number of hydrogen-bond donors (Lipinski definition) is 1. The van der Waals surface area contributed by atoms with Gasteiger partial charge in [-0.3, -0.25) is 0 Å². The Balaban J connectivity index is 2.45. The Morgan fingerprint density at radius 3 is 2.93 bits per heavy atom. The second-order valence-corrected chi connectivity index (χ2v) is 3.96. The van der Waals surface area contributed by atoms with E-state index < -0.39 is 5.97 Å². The third kappa shape index (κ3) is 1.83. The molecule has 1 aromatic rings. The van der Waals surface area contributed by atoms with Crippen LogP contribution in [-0.4, -0.2) is 18.1 Å². The van der Waals surface area contributed by atoms with Gasteiger partial charge in [-0.05, 0) is 23.8 Å². The average molecular weight is 224 g/mol. The van der Waals surface area contributed by atoms with Crippen LogP contribution in [0, 0.1) is 0 Å². The zero-order valence-corrected chi connectivity index (χ0v) is 8.95. The number of anilines is 1. The maximum atomic E-state index is 10.9. The first-order valence-electron chi connectivity index (χ1n) is 4.53. The average Bonchev–Trinajstić information content (AvgIpc) is 2.16. The van der Waals surface area contributed by atoms with Crippen LogP contribution in [0.5, 0.6) is 0 Å². The van der Waals surface area contributed by atoms with Gasteiger partial charge >= 0.3 is 5.97 Å². The molecule has 78 valence electrons. The number of nitrogens with zero attached hydrogens (tertiary/aromatic N) is 1. The van der Waals surface area contributed by atoms with Gasteiger partial charge < -0.3 is 10.0 Å². The van der Waals surface area contributed by atoms with E-state index in [0.717, 1.165) is 11.3 Å².